The van der Waals surface area contributed by atoms with Crippen molar-refractivity contribution in [3.63, 3.8) is 0 Å². The van der Waals surface area contributed by atoms with Gasteiger partial charge in [0.25, 0.3) is 5.91 Å². The van der Waals surface area contributed by atoms with Gasteiger partial charge in [0.15, 0.2) is 6.61 Å². The number of nitrogens with one attached hydrogen (secondary N) is 8. The van der Waals surface area contributed by atoms with E-state index < -0.39 is 132 Å². The summed E-state index contributed by atoms with van der Waals surface area (Å²) >= 11 is 2.90. The van der Waals surface area contributed by atoms with Gasteiger partial charge in [0.1, 0.15) is 78.9 Å². The minimum absolute atomic E-state index is 0.0563. The summed E-state index contributed by atoms with van der Waals surface area (Å²) in [5, 5.41) is 22.6. The van der Waals surface area contributed by atoms with E-state index in [9.17, 15) is 52.7 Å². The van der Waals surface area contributed by atoms with Crippen molar-refractivity contribution in [3.05, 3.63) is 203 Å². The molecule has 0 bridgehead atoms. The predicted octanol–water partition coefficient (Wildman–Crippen LogP) is 8.86. The highest BCUT2D eigenvalue weighted by molar-refractivity contribution is 7.98. The summed E-state index contributed by atoms with van der Waals surface area (Å²) in [6.45, 7) is 6.84. The molecule has 2 aliphatic carbocycles. The van der Waals surface area contributed by atoms with E-state index in [4.69, 9.17) is 19.9 Å². The minimum atomic E-state index is -1.37. The summed E-state index contributed by atoms with van der Waals surface area (Å²) in [6, 6.07) is 42.7. The maximum Gasteiger partial charge on any atom is 0.410 e. The standard InChI is InChI=1S/C85H98N12O14S2/c1-50(2)74(94-76(99)65(37-41-112-5)87-80(103)69-35-21-39-96(69)84(107)110-47-63-59-31-17-13-27-55(59)56-28-14-18-32-60(56)63)82(105)89-67(43-52-23-9-7-10-24-52)78(101)92-72-45-54(109-49-71(86)98)46-73(91-72)93-79(102)68(44-53-25-11-8-12-26-53)90-83(106)75(51(3)4)95-77(100)66(38-42-113-6)88-81(104)70-36-22-40-97(70)85(108)111-48-64-61-33-19-15-29-57(61)58-30-16-20-34-62(58)64/h7-20,23-34,45-46,50-51,63-70,74-75H,21-22,35-44,47-49H2,1-6H3,(H2,86,98)(H,87,103)(H,88,104)(H,89,105)(H,90,106)(H,94,99)(H,95,100)(H2,91,92,93,101,102)/t65-,66-,67-,68-,69-,70-,74-,75-/m0/s1. The molecule has 594 valence electrons. The summed E-state index contributed by atoms with van der Waals surface area (Å²) < 4.78 is 17.7. The first-order valence-corrected chi connectivity index (χ1v) is 41.0. The Bertz CT molecular complexity index is 4230. The maximum absolute atomic E-state index is 14.9. The minimum Gasteiger partial charge on any atom is -0.484 e. The molecule has 3 heterocycles. The highest BCUT2D eigenvalue weighted by Crippen LogP contribution is 2.46. The molecule has 11 rings (SSSR count). The first-order valence-electron chi connectivity index (χ1n) is 38.2. The molecule has 2 fully saturated rings. The number of benzene rings is 6. The van der Waals surface area contributed by atoms with Crippen LogP contribution in [0.3, 0.4) is 0 Å². The van der Waals surface area contributed by atoms with Crippen molar-refractivity contribution in [2.45, 2.75) is 139 Å². The van der Waals surface area contributed by atoms with Crippen LogP contribution in [0.2, 0.25) is 0 Å². The van der Waals surface area contributed by atoms with E-state index in [1.54, 1.807) is 88.4 Å². The number of ether oxygens (including phenoxy) is 3. The molecule has 7 aromatic rings. The molecule has 113 heavy (non-hydrogen) atoms. The lowest BCUT2D eigenvalue weighted by Crippen LogP contribution is -2.59. The lowest BCUT2D eigenvalue weighted by molar-refractivity contribution is -0.134. The van der Waals surface area contributed by atoms with E-state index >= 15 is 0 Å². The zero-order valence-electron chi connectivity index (χ0n) is 64.2. The lowest BCUT2D eigenvalue weighted by Gasteiger charge is -2.29. The van der Waals surface area contributed by atoms with Gasteiger partial charge in [-0.1, -0.05) is 185 Å². The fourth-order valence-electron chi connectivity index (χ4n) is 14.9. The number of rotatable bonds is 35. The fraction of sp³-hybridized carbons (Fsp3) is 0.388. The molecule has 6 aromatic carbocycles. The van der Waals surface area contributed by atoms with Crippen LogP contribution in [0.15, 0.2) is 170 Å². The van der Waals surface area contributed by atoms with Gasteiger partial charge in [0.05, 0.1) is 0 Å². The third-order valence-electron chi connectivity index (χ3n) is 20.7. The second-order valence-electron chi connectivity index (χ2n) is 29.3. The summed E-state index contributed by atoms with van der Waals surface area (Å²) in [7, 11) is 0. The average molecular weight is 1580 g/mol. The van der Waals surface area contributed by atoms with Crippen molar-refractivity contribution in [2.75, 3.05) is 67.6 Å². The first kappa shape index (κ1) is 82.7. The Kier molecular flexibility index (Phi) is 28.7. The van der Waals surface area contributed by atoms with Crippen LogP contribution in [0.4, 0.5) is 21.2 Å². The second kappa shape index (κ2) is 39.3. The van der Waals surface area contributed by atoms with Gasteiger partial charge in [0, 0.05) is 49.9 Å². The Morgan fingerprint density at radius 1 is 0.451 bits per heavy atom. The Hall–Kier alpha value is -11.3. The number of nitrogens with zero attached hydrogens (tertiary/aromatic N) is 3. The van der Waals surface area contributed by atoms with E-state index in [1.165, 1.54) is 45.5 Å². The zero-order chi connectivity index (χ0) is 80.2. The number of likely N-dealkylation sites (tertiary alicyclic amines) is 2. The van der Waals surface area contributed by atoms with Crippen LogP contribution in [0.5, 0.6) is 5.75 Å². The van der Waals surface area contributed by atoms with E-state index in [2.05, 4.69) is 47.5 Å². The van der Waals surface area contributed by atoms with Crippen LogP contribution in [0, 0.1) is 11.8 Å². The van der Waals surface area contributed by atoms with E-state index in [-0.39, 0.29) is 81.2 Å². The summed E-state index contributed by atoms with van der Waals surface area (Å²) in [5.41, 5.74) is 15.2. The first-order chi connectivity index (χ1) is 54.6. The number of anilines is 2. The molecule has 4 aliphatic rings. The van der Waals surface area contributed by atoms with Crippen molar-refractivity contribution in [2.24, 2.45) is 17.6 Å². The third kappa shape index (κ3) is 21.1. The average Bonchev–Trinajstić information content (AvgIpc) is 1.61. The smallest absolute Gasteiger partial charge is 0.410 e. The molecule has 0 spiro atoms. The van der Waals surface area contributed by atoms with Crippen molar-refractivity contribution < 1.29 is 67.0 Å². The maximum atomic E-state index is 14.9. The van der Waals surface area contributed by atoms with E-state index in [0.717, 1.165) is 44.5 Å². The van der Waals surface area contributed by atoms with Gasteiger partial charge in [-0.05, 0) is 130 Å². The predicted molar refractivity (Wildman–Crippen MR) is 433 cm³/mol. The van der Waals surface area contributed by atoms with Crippen LogP contribution in [-0.4, -0.2) is 185 Å². The van der Waals surface area contributed by atoms with Gasteiger partial charge in [-0.15, -0.1) is 0 Å². The van der Waals surface area contributed by atoms with Crippen LogP contribution in [0.1, 0.15) is 111 Å². The van der Waals surface area contributed by atoms with Crippen LogP contribution in [-0.2, 0) is 65.5 Å². The summed E-state index contributed by atoms with van der Waals surface area (Å²) in [5.74, 6) is -7.63. The zero-order valence-corrected chi connectivity index (χ0v) is 65.8. The van der Waals surface area contributed by atoms with Gasteiger partial charge in [0.2, 0.25) is 47.3 Å². The van der Waals surface area contributed by atoms with Gasteiger partial charge in [-0.3, -0.25) is 53.0 Å². The molecule has 0 unspecified atom stereocenters. The molecule has 2 saturated heterocycles. The number of carbonyl (C=O) groups is 11. The number of carbonyl (C=O) groups excluding carboxylic acids is 11. The van der Waals surface area contributed by atoms with Crippen molar-refractivity contribution in [1.29, 1.82) is 0 Å². The monoisotopic (exact) mass is 1570 g/mol. The van der Waals surface area contributed by atoms with E-state index in [1.807, 2.05) is 110 Å². The van der Waals surface area contributed by atoms with Crippen molar-refractivity contribution >= 4 is 101 Å². The number of aromatic nitrogens is 1. The number of amides is 11. The van der Waals surface area contributed by atoms with Gasteiger partial charge in [-0.2, -0.15) is 23.5 Å². The molecule has 1 aromatic heterocycles. The Morgan fingerprint density at radius 2 is 0.805 bits per heavy atom. The number of thioether (sulfide) groups is 2. The van der Waals surface area contributed by atoms with Gasteiger partial charge in [-0.25, -0.2) is 14.6 Å². The molecule has 0 radical (unpaired) electrons. The molecule has 8 atom stereocenters. The highest BCUT2D eigenvalue weighted by Gasteiger charge is 2.42. The molecule has 10 N–H and O–H groups in total. The van der Waals surface area contributed by atoms with Crippen molar-refractivity contribution in [1.82, 2.24) is 46.7 Å². The Labute approximate surface area is 666 Å². The normalized spacial score (nSPS) is 16.3. The largest absolute Gasteiger partial charge is 0.484 e. The second-order valence-corrected chi connectivity index (χ2v) is 31.2. The molecular weight excluding hydrogens is 1480 g/mol. The Morgan fingerprint density at radius 3 is 1.15 bits per heavy atom. The van der Waals surface area contributed by atoms with Gasteiger partial charge < -0.3 is 62.5 Å². The van der Waals surface area contributed by atoms with Crippen LogP contribution < -0.4 is 53.0 Å². The molecule has 28 heteroatoms. The Balaban J connectivity index is 0.748. The molecule has 11 amide bonds. The third-order valence-corrected chi connectivity index (χ3v) is 22.0. The van der Waals surface area contributed by atoms with Gasteiger partial charge >= 0.3 is 12.2 Å². The summed E-state index contributed by atoms with van der Waals surface area (Å²) in [4.78, 5) is 164. The molecule has 26 nitrogen and oxygen atoms in total. The number of nitrogens with two attached hydrogens (primary N) is 1. The van der Waals surface area contributed by atoms with Crippen LogP contribution in [0.25, 0.3) is 22.3 Å². The number of fused-ring (bicyclic) bond motifs is 6. The number of pyridine rings is 1. The van der Waals surface area contributed by atoms with E-state index in [0.29, 0.717) is 48.3 Å². The molecule has 2 aliphatic heterocycles. The van der Waals surface area contributed by atoms with Crippen LogP contribution >= 0.6 is 23.5 Å². The summed E-state index contributed by atoms with van der Waals surface area (Å²) in [6.07, 6.45) is 4.28. The highest BCUT2D eigenvalue weighted by atomic mass is 32.2. The molecule has 0 saturated carbocycles. The number of hydrogen-bond acceptors (Lipinski definition) is 17. The van der Waals surface area contributed by atoms with Crippen molar-refractivity contribution in [3.8, 4) is 28.0 Å². The quantitative estimate of drug-likeness (QED) is 0.0179. The number of primary amides is 1. The fourth-order valence-corrected chi connectivity index (χ4v) is 15.9. The molecular formula is C85H98N12O14S2. The SMILES string of the molecule is CSCC[C@H](NC(=O)[C@@H]1CCCN1C(=O)OCC1c2ccccc2-c2ccccc21)C(=O)N[C@H](C(=O)N[C@@H](Cc1ccccc1)C(=O)Nc1cc(OCC(N)=O)cc(NC(=O)[C@H](Cc2ccccc2)NC(=O)[C@@H](NC(=O)[C@H](CCSC)NC(=O)[C@@H]2CCCN2C(=O)OCC2c3ccccc3-c3ccccc32)C(C)C)n1)C(C)C. The lowest BCUT2D eigenvalue weighted by atomic mass is 9.98. The number of hydrogen-bond donors (Lipinski definition) is 9. The topological polar surface area (TPSA) is 357 Å².